The van der Waals surface area contributed by atoms with Gasteiger partial charge >= 0.3 is 0 Å². The maximum atomic E-state index is 12.4. The second-order valence-electron chi connectivity index (χ2n) is 5.00. The molecular weight excluding hydrogens is 236 g/mol. The highest BCUT2D eigenvalue weighted by atomic mass is 16.5. The molecule has 3 rings (SSSR count). The van der Waals surface area contributed by atoms with E-state index in [2.05, 4.69) is 0 Å². The van der Waals surface area contributed by atoms with Crippen LogP contribution in [0.5, 0.6) is 5.75 Å². The molecule has 0 fully saturated rings. The largest absolute Gasteiger partial charge is 0.496 e. The first-order chi connectivity index (χ1) is 9.22. The van der Waals surface area contributed by atoms with Crippen LogP contribution in [0.1, 0.15) is 22.8 Å². The summed E-state index contributed by atoms with van der Waals surface area (Å²) >= 11 is 0. The monoisotopic (exact) mass is 252 g/mol. The molecule has 1 atom stereocenters. The predicted octanol–water partition coefficient (Wildman–Crippen LogP) is 3.74. The van der Waals surface area contributed by atoms with Crippen LogP contribution in [0.2, 0.25) is 0 Å². The van der Waals surface area contributed by atoms with Gasteiger partial charge < -0.3 is 4.74 Å². The molecule has 0 aliphatic heterocycles. The summed E-state index contributed by atoms with van der Waals surface area (Å²) in [6, 6.07) is 14.0. The van der Waals surface area contributed by atoms with Crippen LogP contribution in [0.25, 0.3) is 11.1 Å². The van der Waals surface area contributed by atoms with Gasteiger partial charge in [0.15, 0.2) is 5.78 Å². The lowest BCUT2D eigenvalue weighted by molar-refractivity contribution is 0.0947. The summed E-state index contributed by atoms with van der Waals surface area (Å²) < 4.78 is 5.39. The lowest BCUT2D eigenvalue weighted by Gasteiger charge is -2.11. The van der Waals surface area contributed by atoms with Crippen LogP contribution in [0.15, 0.2) is 42.5 Å². The van der Waals surface area contributed by atoms with Gasteiger partial charge in [0.1, 0.15) is 5.75 Å². The van der Waals surface area contributed by atoms with Crippen LogP contribution in [-0.4, -0.2) is 12.9 Å². The van der Waals surface area contributed by atoms with Gasteiger partial charge in [0.2, 0.25) is 0 Å². The van der Waals surface area contributed by atoms with Crippen molar-refractivity contribution in [2.24, 2.45) is 5.92 Å². The minimum Gasteiger partial charge on any atom is -0.496 e. The molecule has 1 aliphatic carbocycles. The topological polar surface area (TPSA) is 26.3 Å². The van der Waals surface area contributed by atoms with Crippen molar-refractivity contribution in [1.82, 2.24) is 0 Å². The van der Waals surface area contributed by atoms with Gasteiger partial charge in [0.25, 0.3) is 0 Å². The number of carbonyl (C=O) groups excluding carboxylic acids is 1. The fraction of sp³-hybridized carbons (Fsp3) is 0.235. The average molecular weight is 252 g/mol. The van der Waals surface area contributed by atoms with Gasteiger partial charge in [-0.1, -0.05) is 37.3 Å². The molecule has 0 aromatic heterocycles. The third-order valence-electron chi connectivity index (χ3n) is 3.78. The van der Waals surface area contributed by atoms with E-state index in [1.165, 1.54) is 0 Å². The number of Topliss-reactive ketones (excluding diaryl/α,β-unsaturated/α-hetero) is 1. The van der Waals surface area contributed by atoms with E-state index >= 15 is 0 Å². The van der Waals surface area contributed by atoms with Crippen molar-refractivity contribution in [1.29, 1.82) is 0 Å². The maximum absolute atomic E-state index is 12.4. The van der Waals surface area contributed by atoms with Gasteiger partial charge in [-0.05, 0) is 29.7 Å². The van der Waals surface area contributed by atoms with Crippen molar-refractivity contribution >= 4 is 5.78 Å². The van der Waals surface area contributed by atoms with Crippen molar-refractivity contribution in [3.8, 4) is 16.9 Å². The minimum absolute atomic E-state index is 0.0498. The fourth-order valence-corrected chi connectivity index (χ4v) is 2.81. The van der Waals surface area contributed by atoms with E-state index in [1.54, 1.807) is 7.11 Å². The standard InChI is InChI=1S/C17H16O2/c1-11-10-14-15(19-2)9-8-13(16(14)17(11)18)12-6-4-3-5-7-12/h3-9,11H,10H2,1-2H3. The highest BCUT2D eigenvalue weighted by Crippen LogP contribution is 2.39. The molecule has 1 unspecified atom stereocenters. The van der Waals surface area contributed by atoms with Crippen LogP contribution in [0.3, 0.4) is 0 Å². The fourth-order valence-electron chi connectivity index (χ4n) is 2.81. The molecule has 0 bridgehead atoms. The van der Waals surface area contributed by atoms with E-state index in [0.717, 1.165) is 34.4 Å². The summed E-state index contributed by atoms with van der Waals surface area (Å²) in [5.74, 6) is 1.11. The Morgan fingerprint density at radius 1 is 1.11 bits per heavy atom. The Bertz CT molecular complexity index is 629. The maximum Gasteiger partial charge on any atom is 0.167 e. The summed E-state index contributed by atoms with van der Waals surface area (Å²) in [6.45, 7) is 1.98. The van der Waals surface area contributed by atoms with Crippen molar-refractivity contribution < 1.29 is 9.53 Å². The van der Waals surface area contributed by atoms with Gasteiger partial charge in [-0.2, -0.15) is 0 Å². The van der Waals surface area contributed by atoms with E-state index < -0.39 is 0 Å². The Kier molecular flexibility index (Phi) is 2.86. The molecule has 1 aliphatic rings. The molecule has 2 nitrogen and oxygen atoms in total. The number of hydrogen-bond donors (Lipinski definition) is 0. The molecule has 96 valence electrons. The number of carbonyl (C=O) groups is 1. The van der Waals surface area contributed by atoms with E-state index in [9.17, 15) is 4.79 Å². The van der Waals surface area contributed by atoms with Crippen molar-refractivity contribution in [3.63, 3.8) is 0 Å². The van der Waals surface area contributed by atoms with Crippen molar-refractivity contribution in [2.75, 3.05) is 7.11 Å². The van der Waals surface area contributed by atoms with Crippen molar-refractivity contribution in [3.05, 3.63) is 53.6 Å². The molecule has 19 heavy (non-hydrogen) atoms. The number of rotatable bonds is 2. The quantitative estimate of drug-likeness (QED) is 0.814. The van der Waals surface area contributed by atoms with E-state index in [0.29, 0.717) is 0 Å². The molecule has 0 N–H and O–H groups in total. The molecule has 2 aromatic rings. The SMILES string of the molecule is COc1ccc(-c2ccccc2)c2c1CC(C)C2=O. The van der Waals surface area contributed by atoms with E-state index in [-0.39, 0.29) is 11.7 Å². The summed E-state index contributed by atoms with van der Waals surface area (Å²) in [5.41, 5.74) is 4.01. The number of hydrogen-bond acceptors (Lipinski definition) is 2. The lowest BCUT2D eigenvalue weighted by atomic mass is 9.95. The highest BCUT2D eigenvalue weighted by Gasteiger charge is 2.32. The number of fused-ring (bicyclic) bond motifs is 1. The first-order valence-electron chi connectivity index (χ1n) is 6.52. The summed E-state index contributed by atoms with van der Waals surface area (Å²) in [5, 5.41) is 0. The third kappa shape index (κ3) is 1.84. The zero-order chi connectivity index (χ0) is 13.4. The molecule has 0 saturated heterocycles. The van der Waals surface area contributed by atoms with Gasteiger partial charge in [-0.3, -0.25) is 4.79 Å². The molecule has 0 amide bonds. The van der Waals surface area contributed by atoms with E-state index in [4.69, 9.17) is 4.74 Å². The third-order valence-corrected chi connectivity index (χ3v) is 3.78. The Balaban J connectivity index is 2.24. The summed E-state index contributed by atoms with van der Waals surface area (Å²) in [6.07, 6.45) is 0.776. The van der Waals surface area contributed by atoms with Gasteiger partial charge in [-0.25, -0.2) is 0 Å². The first kappa shape index (κ1) is 12.0. The first-order valence-corrected chi connectivity index (χ1v) is 6.52. The normalized spacial score (nSPS) is 17.4. The summed E-state index contributed by atoms with van der Waals surface area (Å²) in [7, 11) is 1.66. The predicted molar refractivity (Wildman–Crippen MR) is 75.6 cm³/mol. The molecule has 2 aromatic carbocycles. The van der Waals surface area contributed by atoms with Crippen LogP contribution in [0, 0.1) is 5.92 Å². The Morgan fingerprint density at radius 3 is 2.53 bits per heavy atom. The zero-order valence-electron chi connectivity index (χ0n) is 11.1. The Labute approximate surface area is 113 Å². The van der Waals surface area contributed by atoms with Gasteiger partial charge in [0.05, 0.1) is 7.11 Å². The smallest absolute Gasteiger partial charge is 0.167 e. The second kappa shape index (κ2) is 4.54. The van der Waals surface area contributed by atoms with Crippen LogP contribution < -0.4 is 4.74 Å². The zero-order valence-corrected chi connectivity index (χ0v) is 11.1. The molecular formula is C17H16O2. The van der Waals surface area contributed by atoms with Gasteiger partial charge in [0, 0.05) is 17.0 Å². The Hall–Kier alpha value is -2.09. The molecule has 0 radical (unpaired) electrons. The molecule has 2 heteroatoms. The number of benzene rings is 2. The molecule has 0 saturated carbocycles. The van der Waals surface area contributed by atoms with Gasteiger partial charge in [-0.15, -0.1) is 0 Å². The molecule has 0 heterocycles. The Morgan fingerprint density at radius 2 is 1.84 bits per heavy atom. The lowest BCUT2D eigenvalue weighted by Crippen LogP contribution is -2.04. The molecule has 0 spiro atoms. The minimum atomic E-state index is 0.0498. The van der Waals surface area contributed by atoms with Crippen LogP contribution in [-0.2, 0) is 6.42 Å². The van der Waals surface area contributed by atoms with Crippen LogP contribution >= 0.6 is 0 Å². The number of ketones is 1. The summed E-state index contributed by atoms with van der Waals surface area (Å²) in [4.78, 5) is 12.4. The van der Waals surface area contributed by atoms with Crippen LogP contribution in [0.4, 0.5) is 0 Å². The van der Waals surface area contributed by atoms with E-state index in [1.807, 2.05) is 49.4 Å². The average Bonchev–Trinajstić information content (AvgIpc) is 2.75. The second-order valence-corrected chi connectivity index (χ2v) is 5.00. The van der Waals surface area contributed by atoms with Crippen molar-refractivity contribution in [2.45, 2.75) is 13.3 Å². The number of methoxy groups -OCH3 is 1. The number of ether oxygens (including phenoxy) is 1. The highest BCUT2D eigenvalue weighted by molar-refractivity contribution is 6.08.